The van der Waals surface area contributed by atoms with E-state index in [0.29, 0.717) is 5.56 Å². The van der Waals surface area contributed by atoms with Crippen LogP contribution in [0, 0.1) is 6.92 Å². The summed E-state index contributed by atoms with van der Waals surface area (Å²) in [5.41, 5.74) is 1.70. The number of carbonyl (C=O) groups excluding carboxylic acids is 3. The molecule has 1 aliphatic heterocycles. The van der Waals surface area contributed by atoms with Gasteiger partial charge in [0.25, 0.3) is 17.7 Å². The first-order valence-corrected chi connectivity index (χ1v) is 13.1. The van der Waals surface area contributed by atoms with Crippen molar-refractivity contribution in [3.8, 4) is 0 Å². The van der Waals surface area contributed by atoms with Crippen LogP contribution in [0.1, 0.15) is 26.3 Å². The summed E-state index contributed by atoms with van der Waals surface area (Å²) < 4.78 is 26.9. The molecule has 1 saturated heterocycles. The Morgan fingerprint density at radius 1 is 0.750 bits per heavy atom. The number of piperazine rings is 1. The number of sulfone groups is 1. The molecule has 0 spiro atoms. The molecule has 36 heavy (non-hydrogen) atoms. The van der Waals surface area contributed by atoms with Gasteiger partial charge >= 0.3 is 0 Å². The van der Waals surface area contributed by atoms with Crippen LogP contribution in [-0.2, 0) is 14.6 Å². The topological polar surface area (TPSA) is 104 Å². The Kier molecular flexibility index (Phi) is 7.49. The molecule has 8 nitrogen and oxygen atoms in total. The highest BCUT2D eigenvalue weighted by molar-refractivity contribution is 7.92. The largest absolute Gasteiger partial charge is 0.336 e. The monoisotopic (exact) mass is 505 g/mol. The van der Waals surface area contributed by atoms with E-state index in [9.17, 15) is 22.8 Å². The minimum absolute atomic E-state index is 0.0647. The molecule has 1 heterocycles. The molecule has 0 radical (unpaired) electrons. The van der Waals surface area contributed by atoms with Crippen molar-refractivity contribution < 1.29 is 22.8 Å². The van der Waals surface area contributed by atoms with Crippen molar-refractivity contribution in [3.05, 3.63) is 102 Å². The number of hydrogen-bond donors (Lipinski definition) is 1. The zero-order valence-corrected chi connectivity index (χ0v) is 20.6. The summed E-state index contributed by atoms with van der Waals surface area (Å²) in [6.07, 6.45) is 0. The number of carbonyl (C=O) groups is 3. The number of aryl methyl sites for hydroxylation is 1. The Labute approximate surface area is 210 Å². The minimum atomic E-state index is -4.23. The van der Waals surface area contributed by atoms with Crippen molar-refractivity contribution in [1.29, 1.82) is 0 Å². The number of rotatable bonds is 6. The summed E-state index contributed by atoms with van der Waals surface area (Å²) in [6, 6.07) is 23.0. The predicted octanol–water partition coefficient (Wildman–Crippen LogP) is 2.51. The SMILES string of the molecule is Cc1ccccc1C(=O)N1CCN(C(=O)[C@@H](NC(=O)c2ccccc2)S(=O)(=O)c2ccccc2)CC1. The molecular formula is C27H27N3O5S. The van der Waals surface area contributed by atoms with E-state index in [0.717, 1.165) is 5.56 Å². The lowest BCUT2D eigenvalue weighted by molar-refractivity contribution is -0.132. The summed E-state index contributed by atoms with van der Waals surface area (Å²) in [4.78, 5) is 42.3. The van der Waals surface area contributed by atoms with Gasteiger partial charge in [0.15, 0.2) is 0 Å². The third-order valence-corrected chi connectivity index (χ3v) is 8.03. The van der Waals surface area contributed by atoms with Crippen molar-refractivity contribution in [2.45, 2.75) is 17.2 Å². The molecule has 3 aromatic rings. The van der Waals surface area contributed by atoms with Gasteiger partial charge in [-0.1, -0.05) is 54.6 Å². The van der Waals surface area contributed by atoms with Gasteiger partial charge in [0.05, 0.1) is 4.90 Å². The quantitative estimate of drug-likeness (QED) is 0.555. The lowest BCUT2D eigenvalue weighted by atomic mass is 10.1. The first kappa shape index (κ1) is 25.1. The average Bonchev–Trinajstić information content (AvgIpc) is 2.92. The van der Waals surface area contributed by atoms with Gasteiger partial charge in [0.2, 0.25) is 15.2 Å². The number of benzene rings is 3. The lowest BCUT2D eigenvalue weighted by Crippen LogP contribution is -2.57. The first-order chi connectivity index (χ1) is 17.3. The summed E-state index contributed by atoms with van der Waals surface area (Å²) in [5, 5.41) is 0.638. The Morgan fingerprint density at radius 2 is 1.28 bits per heavy atom. The fourth-order valence-corrected chi connectivity index (χ4v) is 5.57. The number of nitrogens with one attached hydrogen (secondary N) is 1. The third-order valence-electron chi connectivity index (χ3n) is 6.16. The molecule has 1 atom stereocenters. The van der Waals surface area contributed by atoms with E-state index in [-0.39, 0.29) is 42.5 Å². The van der Waals surface area contributed by atoms with Crippen LogP contribution >= 0.6 is 0 Å². The van der Waals surface area contributed by atoms with E-state index in [1.54, 1.807) is 65.6 Å². The number of nitrogens with zero attached hydrogens (tertiary/aromatic N) is 2. The van der Waals surface area contributed by atoms with E-state index in [2.05, 4.69) is 5.32 Å². The van der Waals surface area contributed by atoms with Crippen LogP contribution in [0.5, 0.6) is 0 Å². The van der Waals surface area contributed by atoms with Crippen LogP contribution in [0.25, 0.3) is 0 Å². The maximum absolute atomic E-state index is 13.5. The van der Waals surface area contributed by atoms with Crippen LogP contribution in [0.15, 0.2) is 89.8 Å². The molecule has 0 bridgehead atoms. The highest BCUT2D eigenvalue weighted by atomic mass is 32.2. The van der Waals surface area contributed by atoms with E-state index in [4.69, 9.17) is 0 Å². The molecule has 3 amide bonds. The van der Waals surface area contributed by atoms with Crippen LogP contribution in [-0.4, -0.2) is 67.5 Å². The average molecular weight is 506 g/mol. The molecule has 1 N–H and O–H groups in total. The number of amides is 3. The fraction of sp³-hybridized carbons (Fsp3) is 0.222. The second kappa shape index (κ2) is 10.7. The van der Waals surface area contributed by atoms with E-state index < -0.39 is 27.0 Å². The van der Waals surface area contributed by atoms with Crippen LogP contribution in [0.4, 0.5) is 0 Å². The van der Waals surface area contributed by atoms with Gasteiger partial charge in [-0.05, 0) is 42.8 Å². The van der Waals surface area contributed by atoms with Gasteiger partial charge in [-0.3, -0.25) is 14.4 Å². The molecular weight excluding hydrogens is 478 g/mol. The van der Waals surface area contributed by atoms with Gasteiger partial charge in [-0.15, -0.1) is 0 Å². The molecule has 1 fully saturated rings. The summed E-state index contributed by atoms with van der Waals surface area (Å²) in [7, 11) is -4.23. The molecule has 9 heteroatoms. The maximum atomic E-state index is 13.5. The summed E-state index contributed by atoms with van der Waals surface area (Å²) >= 11 is 0. The second-order valence-electron chi connectivity index (χ2n) is 8.51. The van der Waals surface area contributed by atoms with E-state index in [1.165, 1.54) is 17.0 Å². The predicted molar refractivity (Wildman–Crippen MR) is 135 cm³/mol. The van der Waals surface area contributed by atoms with Gasteiger partial charge in [0.1, 0.15) is 0 Å². The first-order valence-electron chi connectivity index (χ1n) is 11.6. The van der Waals surface area contributed by atoms with E-state index in [1.807, 2.05) is 19.1 Å². The molecule has 4 rings (SSSR count). The molecule has 1 aliphatic rings. The molecule has 186 valence electrons. The van der Waals surface area contributed by atoms with Crippen molar-refractivity contribution in [2.24, 2.45) is 0 Å². The fourth-order valence-electron chi connectivity index (χ4n) is 4.09. The molecule has 0 saturated carbocycles. The lowest BCUT2D eigenvalue weighted by Gasteiger charge is -2.36. The van der Waals surface area contributed by atoms with Gasteiger partial charge in [-0.2, -0.15) is 0 Å². The highest BCUT2D eigenvalue weighted by Gasteiger charge is 2.39. The molecule has 3 aromatic carbocycles. The highest BCUT2D eigenvalue weighted by Crippen LogP contribution is 2.19. The third kappa shape index (κ3) is 5.31. The molecule has 0 aliphatic carbocycles. The van der Waals surface area contributed by atoms with Crippen molar-refractivity contribution in [2.75, 3.05) is 26.2 Å². The van der Waals surface area contributed by atoms with Crippen LogP contribution < -0.4 is 5.32 Å². The normalized spacial score (nSPS) is 14.7. The van der Waals surface area contributed by atoms with Crippen molar-refractivity contribution in [1.82, 2.24) is 15.1 Å². The number of hydrogen-bond acceptors (Lipinski definition) is 5. The Morgan fingerprint density at radius 3 is 1.89 bits per heavy atom. The van der Waals surface area contributed by atoms with Crippen molar-refractivity contribution in [3.63, 3.8) is 0 Å². The van der Waals surface area contributed by atoms with Gasteiger partial charge < -0.3 is 15.1 Å². The maximum Gasteiger partial charge on any atom is 0.261 e. The second-order valence-corrected chi connectivity index (χ2v) is 10.5. The standard InChI is InChI=1S/C27H27N3O5S/c1-20-10-8-9-15-23(20)26(32)29-16-18-30(19-17-29)27(33)25(28-24(31)21-11-4-2-5-12-21)36(34,35)22-13-6-3-7-14-22/h2-15,25H,16-19H2,1H3,(H,28,31)/t25-/m0/s1. The van der Waals surface area contributed by atoms with E-state index >= 15 is 0 Å². The molecule has 0 unspecified atom stereocenters. The van der Waals surface area contributed by atoms with Crippen molar-refractivity contribution >= 4 is 27.6 Å². The Balaban J connectivity index is 1.54. The Hall–Kier alpha value is -3.98. The summed E-state index contributed by atoms with van der Waals surface area (Å²) in [6.45, 7) is 2.67. The van der Waals surface area contributed by atoms with Crippen LogP contribution in [0.2, 0.25) is 0 Å². The van der Waals surface area contributed by atoms with Gasteiger partial charge in [0, 0.05) is 37.3 Å². The summed E-state index contributed by atoms with van der Waals surface area (Å²) in [5.74, 6) is -1.53. The Bertz CT molecular complexity index is 1350. The molecule has 0 aromatic heterocycles. The van der Waals surface area contributed by atoms with Gasteiger partial charge in [-0.25, -0.2) is 8.42 Å². The van der Waals surface area contributed by atoms with Crippen LogP contribution in [0.3, 0.4) is 0 Å². The zero-order chi connectivity index (χ0) is 25.7. The smallest absolute Gasteiger partial charge is 0.261 e. The zero-order valence-electron chi connectivity index (χ0n) is 19.8. The minimum Gasteiger partial charge on any atom is -0.336 e.